The number of aliphatic hydroxyl groups is 1. The molecule has 0 saturated heterocycles. The molecule has 9 atom stereocenters. The molecule has 33 heavy (non-hydrogen) atoms. The van der Waals surface area contributed by atoms with Gasteiger partial charge in [-0.05, 0) is 141 Å². The maximum atomic E-state index is 10.1. The summed E-state index contributed by atoms with van der Waals surface area (Å²) in [7, 11) is 0. The number of aliphatic hydroxyl groups excluding tert-OH is 1. The van der Waals surface area contributed by atoms with Gasteiger partial charge in [-0.2, -0.15) is 0 Å². The molecule has 0 radical (unpaired) electrons. The number of hydrogen-bond acceptors (Lipinski definition) is 1. The van der Waals surface area contributed by atoms with E-state index in [4.69, 9.17) is 0 Å². The lowest BCUT2D eigenvalue weighted by molar-refractivity contribution is -0.193. The summed E-state index contributed by atoms with van der Waals surface area (Å²) in [5.41, 5.74) is 3.95. The fourth-order valence-electron chi connectivity index (χ4n) is 11.8. The van der Waals surface area contributed by atoms with Crippen LogP contribution in [0.2, 0.25) is 0 Å². The molecule has 0 heterocycles. The van der Waals surface area contributed by atoms with Crippen molar-refractivity contribution in [2.24, 2.45) is 62.6 Å². The van der Waals surface area contributed by atoms with Crippen molar-refractivity contribution in [3.63, 3.8) is 0 Å². The molecule has 0 amide bonds. The van der Waals surface area contributed by atoms with Crippen molar-refractivity contribution in [3.05, 3.63) is 11.6 Å². The molecule has 5 rings (SSSR count). The maximum absolute atomic E-state index is 10.1. The molecular weight excluding hydrogens is 400 g/mol. The molecule has 1 heteroatoms. The van der Waals surface area contributed by atoms with Crippen molar-refractivity contribution < 1.29 is 5.11 Å². The molecule has 1 N–H and O–H groups in total. The van der Waals surface area contributed by atoms with Crippen molar-refractivity contribution in [2.45, 2.75) is 120 Å². The molecule has 0 bridgehead atoms. The Labute approximate surface area is 205 Å². The summed E-state index contributed by atoms with van der Waals surface area (Å²) in [6.07, 6.45) is 16.6. The Morgan fingerprint density at radius 1 is 0.909 bits per heavy atom. The zero-order valence-corrected chi connectivity index (χ0v) is 23.3. The number of hydrogen-bond donors (Lipinski definition) is 1. The minimum Gasteiger partial charge on any atom is -0.396 e. The molecule has 0 aromatic rings. The standard InChI is InChI=1S/C32H54O/c1-21(2)10-9-15-28(3,4)24-11-12-26-31(8)17-14-25-29(5,6)22(20-33)13-16-30(25,7)27(31)18-23-19-32(23,24)26/h10,22-27,33H,9,11-20H2,1-8H3/t22-,23?,24?,25?,26?,27?,30+,31+,32-/m1/s1. The van der Waals surface area contributed by atoms with Crippen LogP contribution in [-0.4, -0.2) is 11.7 Å². The van der Waals surface area contributed by atoms with Crippen LogP contribution in [-0.2, 0) is 0 Å². The van der Waals surface area contributed by atoms with Gasteiger partial charge in [0, 0.05) is 6.61 Å². The Bertz CT molecular complexity index is 801. The minimum absolute atomic E-state index is 0.284. The molecule has 5 aliphatic rings. The Morgan fingerprint density at radius 2 is 1.58 bits per heavy atom. The lowest BCUT2D eigenvalue weighted by Crippen LogP contribution is -2.61. The first-order valence-corrected chi connectivity index (χ1v) is 14.6. The van der Waals surface area contributed by atoms with Gasteiger partial charge in [0.25, 0.3) is 0 Å². The van der Waals surface area contributed by atoms with E-state index in [1.54, 1.807) is 6.42 Å². The van der Waals surface area contributed by atoms with Crippen LogP contribution in [0.1, 0.15) is 120 Å². The number of fused-ring (bicyclic) bond motifs is 4. The SMILES string of the molecule is CC(C)=CCCC(C)(C)C1CCC2[C@]3(C)CCC4C(C)(C)[C@@H](CO)CC[C@]4(C)C3CC3C[C@@]312. The third-order valence-corrected chi connectivity index (χ3v) is 13.4. The molecule has 5 fully saturated rings. The van der Waals surface area contributed by atoms with Crippen LogP contribution in [0.3, 0.4) is 0 Å². The van der Waals surface area contributed by atoms with Gasteiger partial charge in [-0.25, -0.2) is 0 Å². The van der Waals surface area contributed by atoms with Gasteiger partial charge in [-0.1, -0.05) is 53.2 Å². The molecule has 0 aromatic heterocycles. The average molecular weight is 455 g/mol. The highest BCUT2D eigenvalue weighted by atomic mass is 16.3. The smallest absolute Gasteiger partial charge is 0.0464 e. The topological polar surface area (TPSA) is 20.2 Å². The highest BCUT2D eigenvalue weighted by Crippen LogP contribution is 2.84. The van der Waals surface area contributed by atoms with E-state index in [2.05, 4.69) is 61.5 Å². The van der Waals surface area contributed by atoms with Gasteiger partial charge in [-0.3, -0.25) is 0 Å². The molecule has 1 nitrogen and oxygen atoms in total. The Hall–Kier alpha value is -0.300. The molecular formula is C32H54O. The van der Waals surface area contributed by atoms with Crippen molar-refractivity contribution >= 4 is 0 Å². The molecule has 5 unspecified atom stereocenters. The highest BCUT2D eigenvalue weighted by Gasteiger charge is 2.77. The molecule has 0 aromatic carbocycles. The van der Waals surface area contributed by atoms with Crippen LogP contribution in [0.5, 0.6) is 0 Å². The lowest BCUT2D eigenvalue weighted by Gasteiger charge is -2.67. The number of rotatable bonds is 5. The Kier molecular flexibility index (Phi) is 5.62. The van der Waals surface area contributed by atoms with Gasteiger partial charge in [0.05, 0.1) is 0 Å². The summed E-state index contributed by atoms with van der Waals surface area (Å²) in [6.45, 7) is 20.6. The van der Waals surface area contributed by atoms with Crippen molar-refractivity contribution in [2.75, 3.05) is 6.61 Å². The summed E-state index contributed by atoms with van der Waals surface area (Å²) in [5, 5.41) is 10.1. The molecule has 0 aliphatic heterocycles. The van der Waals surface area contributed by atoms with Crippen molar-refractivity contribution in [1.82, 2.24) is 0 Å². The van der Waals surface area contributed by atoms with Crippen LogP contribution in [0, 0.1) is 62.6 Å². The summed E-state index contributed by atoms with van der Waals surface area (Å²) in [4.78, 5) is 0. The molecule has 5 saturated carbocycles. The summed E-state index contributed by atoms with van der Waals surface area (Å²) >= 11 is 0. The van der Waals surface area contributed by atoms with Crippen molar-refractivity contribution in [1.29, 1.82) is 0 Å². The highest BCUT2D eigenvalue weighted by molar-refractivity contribution is 5.25. The van der Waals surface area contributed by atoms with Crippen LogP contribution >= 0.6 is 0 Å². The predicted molar refractivity (Wildman–Crippen MR) is 140 cm³/mol. The largest absolute Gasteiger partial charge is 0.396 e. The Balaban J connectivity index is 1.42. The third kappa shape index (κ3) is 3.25. The van der Waals surface area contributed by atoms with Crippen LogP contribution in [0.15, 0.2) is 11.6 Å². The van der Waals surface area contributed by atoms with E-state index < -0.39 is 0 Å². The van der Waals surface area contributed by atoms with Crippen LogP contribution in [0.25, 0.3) is 0 Å². The second kappa shape index (κ2) is 7.60. The first-order chi connectivity index (χ1) is 15.3. The van der Waals surface area contributed by atoms with E-state index in [1.165, 1.54) is 63.4 Å². The monoisotopic (exact) mass is 454 g/mol. The van der Waals surface area contributed by atoms with Crippen LogP contribution < -0.4 is 0 Å². The second-order valence-corrected chi connectivity index (χ2v) is 15.6. The van der Waals surface area contributed by atoms with E-state index >= 15 is 0 Å². The Morgan fingerprint density at radius 3 is 2.24 bits per heavy atom. The fraction of sp³-hybridized carbons (Fsp3) is 0.938. The van der Waals surface area contributed by atoms with Gasteiger partial charge in [0.1, 0.15) is 0 Å². The van der Waals surface area contributed by atoms with E-state index in [-0.39, 0.29) is 5.41 Å². The lowest BCUT2D eigenvalue weighted by atomic mass is 9.37. The van der Waals surface area contributed by atoms with Crippen LogP contribution in [0.4, 0.5) is 0 Å². The normalized spacial score (nSPS) is 50.0. The van der Waals surface area contributed by atoms with Gasteiger partial charge in [-0.15, -0.1) is 0 Å². The summed E-state index contributed by atoms with van der Waals surface area (Å²) in [5.74, 6) is 5.11. The van der Waals surface area contributed by atoms with Gasteiger partial charge < -0.3 is 5.11 Å². The molecule has 188 valence electrons. The quantitative estimate of drug-likeness (QED) is 0.412. The van der Waals surface area contributed by atoms with E-state index in [0.29, 0.717) is 34.2 Å². The van der Waals surface area contributed by atoms with E-state index in [1.807, 2.05) is 0 Å². The van der Waals surface area contributed by atoms with Crippen molar-refractivity contribution in [3.8, 4) is 0 Å². The average Bonchev–Trinajstić information content (AvgIpc) is 3.26. The van der Waals surface area contributed by atoms with E-state index in [0.717, 1.165) is 29.6 Å². The summed E-state index contributed by atoms with van der Waals surface area (Å²) < 4.78 is 0. The third-order valence-electron chi connectivity index (χ3n) is 13.4. The maximum Gasteiger partial charge on any atom is 0.0464 e. The van der Waals surface area contributed by atoms with Gasteiger partial charge >= 0.3 is 0 Å². The zero-order chi connectivity index (χ0) is 24.0. The second-order valence-electron chi connectivity index (χ2n) is 15.6. The molecule has 5 aliphatic carbocycles. The summed E-state index contributed by atoms with van der Waals surface area (Å²) in [6, 6.07) is 0. The van der Waals surface area contributed by atoms with Gasteiger partial charge in [0.15, 0.2) is 0 Å². The van der Waals surface area contributed by atoms with E-state index in [9.17, 15) is 5.11 Å². The first kappa shape index (κ1) is 24.4. The zero-order valence-electron chi connectivity index (χ0n) is 23.3. The predicted octanol–water partition coefficient (Wildman–Crippen LogP) is 8.66. The minimum atomic E-state index is 0.284. The first-order valence-electron chi connectivity index (χ1n) is 14.6. The number of allylic oxidation sites excluding steroid dienone is 2. The fourth-order valence-corrected chi connectivity index (χ4v) is 11.8. The van der Waals surface area contributed by atoms with Gasteiger partial charge in [0.2, 0.25) is 0 Å². The molecule has 1 spiro atoms.